The summed E-state index contributed by atoms with van der Waals surface area (Å²) in [5.41, 5.74) is 5.52. The number of rotatable bonds is 7. The second-order valence-corrected chi connectivity index (χ2v) is 5.54. The second kappa shape index (κ2) is 7.69. The minimum absolute atomic E-state index is 0.882. The Bertz CT molecular complexity index is 629. The second-order valence-electron chi connectivity index (χ2n) is 5.54. The molecule has 0 unspecified atom stereocenters. The molecule has 0 aromatic heterocycles. The van der Waals surface area contributed by atoms with Gasteiger partial charge in [0, 0.05) is 16.9 Å². The molecule has 0 saturated carbocycles. The Labute approximate surface area is 133 Å². The van der Waals surface area contributed by atoms with Gasteiger partial charge in [0.1, 0.15) is 5.75 Å². The molecule has 0 aliphatic carbocycles. The zero-order chi connectivity index (χ0) is 15.9. The summed E-state index contributed by atoms with van der Waals surface area (Å²) in [6, 6.07) is 14.6. The van der Waals surface area contributed by atoms with Gasteiger partial charge in [0.2, 0.25) is 0 Å². The maximum atomic E-state index is 5.36. The minimum atomic E-state index is 0.882. The number of hydrogen-bond donors (Lipinski definition) is 1. The molecule has 0 spiro atoms. The molecule has 0 heterocycles. The number of hydrogen-bond acceptors (Lipinski definition) is 2. The molecule has 0 aliphatic rings. The first-order chi connectivity index (χ1) is 10.7. The highest BCUT2D eigenvalue weighted by Crippen LogP contribution is 2.27. The van der Waals surface area contributed by atoms with Crippen LogP contribution in [-0.2, 0) is 6.42 Å². The number of ether oxygens (including phenoxy) is 1. The molecule has 22 heavy (non-hydrogen) atoms. The number of methoxy groups -OCH3 is 1. The van der Waals surface area contributed by atoms with Crippen molar-refractivity contribution in [2.24, 2.45) is 0 Å². The topological polar surface area (TPSA) is 21.3 Å². The molecule has 0 aliphatic heterocycles. The summed E-state index contributed by atoms with van der Waals surface area (Å²) in [6.45, 7) is 8.42. The molecular formula is C20H25NO. The van der Waals surface area contributed by atoms with Crippen LogP contribution in [0.25, 0.3) is 5.70 Å². The summed E-state index contributed by atoms with van der Waals surface area (Å²) in [7, 11) is 1.69. The molecule has 0 amide bonds. The highest BCUT2D eigenvalue weighted by atomic mass is 16.5. The fourth-order valence-corrected chi connectivity index (χ4v) is 2.46. The quantitative estimate of drug-likeness (QED) is 0.735. The Morgan fingerprint density at radius 1 is 1.14 bits per heavy atom. The van der Waals surface area contributed by atoms with Crippen LogP contribution in [0.15, 0.2) is 49.0 Å². The molecule has 1 N–H and O–H groups in total. The van der Waals surface area contributed by atoms with E-state index in [1.54, 1.807) is 7.11 Å². The van der Waals surface area contributed by atoms with Gasteiger partial charge in [0.15, 0.2) is 0 Å². The fourth-order valence-electron chi connectivity index (χ4n) is 2.46. The largest absolute Gasteiger partial charge is 0.496 e. The molecule has 0 atom stereocenters. The van der Waals surface area contributed by atoms with Crippen molar-refractivity contribution in [2.75, 3.05) is 12.4 Å². The lowest BCUT2D eigenvalue weighted by molar-refractivity contribution is 0.412. The Morgan fingerprint density at radius 2 is 1.86 bits per heavy atom. The van der Waals surface area contributed by atoms with Crippen LogP contribution >= 0.6 is 0 Å². The van der Waals surface area contributed by atoms with Crippen LogP contribution in [0.5, 0.6) is 5.75 Å². The third-order valence-corrected chi connectivity index (χ3v) is 3.91. The zero-order valence-electron chi connectivity index (χ0n) is 13.8. The summed E-state index contributed by atoms with van der Waals surface area (Å²) in [5, 5.41) is 3.39. The molecule has 0 fully saturated rings. The molecule has 0 bridgehead atoms. The van der Waals surface area contributed by atoms with Crippen LogP contribution in [0.3, 0.4) is 0 Å². The standard InChI is InChI=1S/C20H25NO/c1-5-6-8-17-11-13-18(14-12-17)16(3)21-19-9-7-10-20(22-4)15(19)2/h7,9-14,21H,3,5-6,8H2,1-2,4H3. The highest BCUT2D eigenvalue weighted by molar-refractivity contribution is 5.77. The van der Waals surface area contributed by atoms with Crippen LogP contribution in [0, 0.1) is 6.92 Å². The van der Waals surface area contributed by atoms with Gasteiger partial charge in [0.05, 0.1) is 7.11 Å². The molecule has 2 heteroatoms. The Balaban J connectivity index is 2.09. The van der Waals surface area contributed by atoms with Crippen molar-refractivity contribution in [1.29, 1.82) is 0 Å². The lowest BCUT2D eigenvalue weighted by atomic mass is 10.0. The van der Waals surface area contributed by atoms with E-state index in [9.17, 15) is 0 Å². The summed E-state index contributed by atoms with van der Waals surface area (Å²) in [5.74, 6) is 0.882. The van der Waals surface area contributed by atoms with Crippen molar-refractivity contribution in [3.63, 3.8) is 0 Å². The monoisotopic (exact) mass is 295 g/mol. The lowest BCUT2D eigenvalue weighted by Crippen LogP contribution is -2.00. The summed E-state index contributed by atoms with van der Waals surface area (Å²) < 4.78 is 5.36. The minimum Gasteiger partial charge on any atom is -0.496 e. The molecule has 2 aromatic carbocycles. The smallest absolute Gasteiger partial charge is 0.123 e. The predicted octanol–water partition coefficient (Wildman–Crippen LogP) is 5.43. The van der Waals surface area contributed by atoms with Gasteiger partial charge >= 0.3 is 0 Å². The molecule has 0 radical (unpaired) electrons. The number of anilines is 1. The molecule has 2 nitrogen and oxygen atoms in total. The molecule has 0 saturated heterocycles. The van der Waals surface area contributed by atoms with E-state index in [0.29, 0.717) is 0 Å². The van der Waals surface area contributed by atoms with E-state index < -0.39 is 0 Å². The van der Waals surface area contributed by atoms with E-state index in [4.69, 9.17) is 4.74 Å². The van der Waals surface area contributed by atoms with Crippen molar-refractivity contribution >= 4 is 11.4 Å². The van der Waals surface area contributed by atoms with Crippen LogP contribution in [-0.4, -0.2) is 7.11 Å². The van der Waals surface area contributed by atoms with Gasteiger partial charge in [0.25, 0.3) is 0 Å². The van der Waals surface area contributed by atoms with Gasteiger partial charge in [-0.05, 0) is 43.0 Å². The molecule has 2 aromatic rings. The average molecular weight is 295 g/mol. The van der Waals surface area contributed by atoms with Gasteiger partial charge < -0.3 is 10.1 Å². The Morgan fingerprint density at radius 3 is 2.50 bits per heavy atom. The summed E-state index contributed by atoms with van der Waals surface area (Å²) >= 11 is 0. The third-order valence-electron chi connectivity index (χ3n) is 3.91. The van der Waals surface area contributed by atoms with E-state index in [-0.39, 0.29) is 0 Å². The summed E-state index contributed by atoms with van der Waals surface area (Å²) in [4.78, 5) is 0. The first-order valence-electron chi connectivity index (χ1n) is 7.84. The van der Waals surface area contributed by atoms with Gasteiger partial charge in [-0.1, -0.05) is 50.3 Å². The van der Waals surface area contributed by atoms with E-state index in [1.807, 2.05) is 25.1 Å². The molecular weight excluding hydrogens is 270 g/mol. The maximum absolute atomic E-state index is 5.36. The first kappa shape index (κ1) is 16.2. The predicted molar refractivity (Wildman–Crippen MR) is 95.4 cm³/mol. The Kier molecular flexibility index (Phi) is 5.65. The average Bonchev–Trinajstić information content (AvgIpc) is 2.55. The van der Waals surface area contributed by atoms with Crippen LogP contribution in [0.2, 0.25) is 0 Å². The van der Waals surface area contributed by atoms with E-state index in [1.165, 1.54) is 18.4 Å². The van der Waals surface area contributed by atoms with E-state index in [2.05, 4.69) is 43.1 Å². The van der Waals surface area contributed by atoms with Crippen molar-refractivity contribution in [3.8, 4) is 5.75 Å². The molecule has 2 rings (SSSR count). The van der Waals surface area contributed by atoms with Crippen molar-refractivity contribution in [1.82, 2.24) is 0 Å². The van der Waals surface area contributed by atoms with Crippen LogP contribution in [0.4, 0.5) is 5.69 Å². The first-order valence-corrected chi connectivity index (χ1v) is 7.84. The number of unbranched alkanes of at least 4 members (excludes halogenated alkanes) is 1. The van der Waals surface area contributed by atoms with Gasteiger partial charge in [-0.3, -0.25) is 0 Å². The van der Waals surface area contributed by atoms with Gasteiger partial charge in [-0.2, -0.15) is 0 Å². The maximum Gasteiger partial charge on any atom is 0.123 e. The number of benzene rings is 2. The van der Waals surface area contributed by atoms with E-state index in [0.717, 1.165) is 34.7 Å². The Hall–Kier alpha value is -2.22. The summed E-state index contributed by atoms with van der Waals surface area (Å²) in [6.07, 6.45) is 3.61. The number of aryl methyl sites for hydroxylation is 1. The van der Waals surface area contributed by atoms with Gasteiger partial charge in [-0.15, -0.1) is 0 Å². The van der Waals surface area contributed by atoms with Crippen LogP contribution < -0.4 is 10.1 Å². The van der Waals surface area contributed by atoms with Crippen molar-refractivity contribution in [2.45, 2.75) is 33.1 Å². The van der Waals surface area contributed by atoms with Gasteiger partial charge in [-0.25, -0.2) is 0 Å². The zero-order valence-corrected chi connectivity index (χ0v) is 13.8. The fraction of sp³-hybridized carbons (Fsp3) is 0.300. The van der Waals surface area contributed by atoms with Crippen molar-refractivity contribution < 1.29 is 4.74 Å². The number of nitrogens with one attached hydrogen (secondary N) is 1. The van der Waals surface area contributed by atoms with Crippen LogP contribution in [0.1, 0.15) is 36.5 Å². The SMILES string of the molecule is C=C(Nc1cccc(OC)c1C)c1ccc(CCCC)cc1. The highest BCUT2D eigenvalue weighted by Gasteiger charge is 2.06. The normalized spacial score (nSPS) is 10.3. The van der Waals surface area contributed by atoms with E-state index >= 15 is 0 Å². The van der Waals surface area contributed by atoms with Crippen molar-refractivity contribution in [3.05, 3.63) is 65.7 Å². The molecule has 116 valence electrons. The third kappa shape index (κ3) is 3.91. The lowest BCUT2D eigenvalue weighted by Gasteiger charge is -2.14.